The van der Waals surface area contributed by atoms with E-state index >= 15 is 0 Å². The molecule has 0 saturated heterocycles. The lowest BCUT2D eigenvalue weighted by molar-refractivity contribution is 0.426. The molecule has 1 aliphatic rings. The highest BCUT2D eigenvalue weighted by atomic mass is 32.2. The Balaban J connectivity index is 2.08. The maximum Gasteiger partial charge on any atom is 0.240 e. The Morgan fingerprint density at radius 3 is 2.40 bits per heavy atom. The van der Waals surface area contributed by atoms with Gasteiger partial charge in [0, 0.05) is 12.6 Å². The van der Waals surface area contributed by atoms with Crippen LogP contribution in [0.2, 0.25) is 0 Å². The normalized spacial score (nSPS) is 18.4. The largest absolute Gasteiger partial charge is 0.326 e. The lowest BCUT2D eigenvalue weighted by Gasteiger charge is -2.21. The van der Waals surface area contributed by atoms with Gasteiger partial charge >= 0.3 is 0 Å². The van der Waals surface area contributed by atoms with Crippen LogP contribution < -0.4 is 10.5 Å². The van der Waals surface area contributed by atoms with Crippen molar-refractivity contribution in [1.82, 2.24) is 4.72 Å². The van der Waals surface area contributed by atoms with Gasteiger partial charge in [-0.1, -0.05) is 44.2 Å². The second-order valence-electron chi connectivity index (χ2n) is 5.51. The second-order valence-corrected chi connectivity index (χ2v) is 7.23. The Labute approximate surface area is 121 Å². The van der Waals surface area contributed by atoms with Crippen LogP contribution in [0.4, 0.5) is 0 Å². The van der Waals surface area contributed by atoms with Crippen molar-refractivity contribution in [3.05, 3.63) is 29.8 Å². The molecule has 0 spiro atoms. The van der Waals surface area contributed by atoms with Crippen LogP contribution in [0.15, 0.2) is 29.2 Å². The molecule has 0 atom stereocenters. The predicted molar refractivity (Wildman–Crippen MR) is 80.8 cm³/mol. The Bertz CT molecular complexity index is 520. The van der Waals surface area contributed by atoms with Crippen LogP contribution in [-0.4, -0.2) is 14.5 Å². The fourth-order valence-electron chi connectivity index (χ4n) is 2.70. The van der Waals surface area contributed by atoms with Crippen molar-refractivity contribution in [3.8, 4) is 0 Å². The monoisotopic (exact) mass is 296 g/mol. The fraction of sp³-hybridized carbons (Fsp3) is 0.600. The molecule has 112 valence electrons. The third-order valence-corrected chi connectivity index (χ3v) is 5.39. The average Bonchev–Trinajstić information content (AvgIpc) is 2.42. The maximum atomic E-state index is 12.4. The number of nitrogens with one attached hydrogen (secondary N) is 1. The lowest BCUT2D eigenvalue weighted by Crippen LogP contribution is -2.35. The van der Waals surface area contributed by atoms with Crippen molar-refractivity contribution in [2.24, 2.45) is 5.73 Å². The molecule has 1 fully saturated rings. The summed E-state index contributed by atoms with van der Waals surface area (Å²) in [6, 6.07) is 6.95. The molecule has 0 unspecified atom stereocenters. The van der Waals surface area contributed by atoms with Crippen molar-refractivity contribution in [3.63, 3.8) is 0 Å². The maximum absolute atomic E-state index is 12.4. The van der Waals surface area contributed by atoms with E-state index in [1.165, 1.54) is 19.3 Å². The molecule has 2 rings (SSSR count). The van der Waals surface area contributed by atoms with Crippen LogP contribution in [0, 0.1) is 0 Å². The number of hydrogen-bond acceptors (Lipinski definition) is 3. The number of benzene rings is 1. The minimum absolute atomic E-state index is 0.0711. The van der Waals surface area contributed by atoms with Crippen LogP contribution in [0.3, 0.4) is 0 Å². The van der Waals surface area contributed by atoms with E-state index in [-0.39, 0.29) is 6.04 Å². The van der Waals surface area contributed by atoms with Gasteiger partial charge < -0.3 is 5.73 Å². The predicted octanol–water partition coefficient (Wildman–Crippen LogP) is 2.54. The van der Waals surface area contributed by atoms with Crippen LogP contribution >= 0.6 is 0 Å². The summed E-state index contributed by atoms with van der Waals surface area (Å²) in [4.78, 5) is 0.322. The Hall–Kier alpha value is -0.910. The van der Waals surface area contributed by atoms with Crippen molar-refractivity contribution >= 4 is 10.0 Å². The Morgan fingerprint density at radius 2 is 1.75 bits per heavy atom. The summed E-state index contributed by atoms with van der Waals surface area (Å²) in [7, 11) is -3.43. The summed E-state index contributed by atoms with van der Waals surface area (Å²) in [5.41, 5.74) is 6.41. The quantitative estimate of drug-likeness (QED) is 0.897. The summed E-state index contributed by atoms with van der Waals surface area (Å²) >= 11 is 0. The number of hydrogen-bond donors (Lipinski definition) is 2. The minimum atomic E-state index is -3.43. The molecule has 1 aromatic carbocycles. The zero-order chi connectivity index (χ0) is 14.4. The molecule has 1 saturated carbocycles. The van der Waals surface area contributed by atoms with E-state index in [0.29, 0.717) is 11.4 Å². The SMILES string of the molecule is NCc1cccc(S(=O)(=O)NC2CCCCCCC2)c1. The first kappa shape index (κ1) is 15.5. The average molecular weight is 296 g/mol. The van der Waals surface area contributed by atoms with Gasteiger partial charge in [0.05, 0.1) is 4.90 Å². The summed E-state index contributed by atoms with van der Waals surface area (Å²) in [6.45, 7) is 0.354. The topological polar surface area (TPSA) is 72.2 Å². The molecule has 3 N–H and O–H groups in total. The third kappa shape index (κ3) is 4.30. The fourth-order valence-corrected chi connectivity index (χ4v) is 4.08. The first-order valence-corrected chi connectivity index (χ1v) is 8.91. The first-order chi connectivity index (χ1) is 9.62. The lowest BCUT2D eigenvalue weighted by atomic mass is 9.97. The van der Waals surface area contributed by atoms with E-state index in [0.717, 1.165) is 31.2 Å². The van der Waals surface area contributed by atoms with Gasteiger partial charge in [0.1, 0.15) is 0 Å². The van der Waals surface area contributed by atoms with Crippen molar-refractivity contribution in [1.29, 1.82) is 0 Å². The molecule has 4 nitrogen and oxygen atoms in total. The zero-order valence-electron chi connectivity index (χ0n) is 11.8. The van der Waals surface area contributed by atoms with E-state index in [2.05, 4.69) is 4.72 Å². The van der Waals surface area contributed by atoms with E-state index in [1.54, 1.807) is 18.2 Å². The van der Waals surface area contributed by atoms with E-state index in [9.17, 15) is 8.42 Å². The van der Waals surface area contributed by atoms with E-state index in [1.807, 2.05) is 6.07 Å². The van der Waals surface area contributed by atoms with Crippen molar-refractivity contribution in [2.75, 3.05) is 0 Å². The molecule has 5 heteroatoms. The molecule has 20 heavy (non-hydrogen) atoms. The van der Waals surface area contributed by atoms with Crippen LogP contribution in [-0.2, 0) is 16.6 Å². The summed E-state index contributed by atoms with van der Waals surface area (Å²) in [5, 5.41) is 0. The van der Waals surface area contributed by atoms with Crippen LogP contribution in [0.5, 0.6) is 0 Å². The minimum Gasteiger partial charge on any atom is -0.326 e. The van der Waals surface area contributed by atoms with Gasteiger partial charge in [-0.3, -0.25) is 0 Å². The molecule has 0 aliphatic heterocycles. The van der Waals surface area contributed by atoms with E-state index in [4.69, 9.17) is 5.73 Å². The standard InChI is InChI=1S/C15H24N2O2S/c16-12-13-7-6-10-15(11-13)20(18,19)17-14-8-4-2-1-3-5-9-14/h6-7,10-11,14,17H,1-5,8-9,12,16H2. The highest BCUT2D eigenvalue weighted by Crippen LogP contribution is 2.19. The van der Waals surface area contributed by atoms with Gasteiger partial charge in [-0.2, -0.15) is 0 Å². The highest BCUT2D eigenvalue weighted by Gasteiger charge is 2.20. The van der Waals surface area contributed by atoms with Gasteiger partial charge in [0.15, 0.2) is 0 Å². The first-order valence-electron chi connectivity index (χ1n) is 7.43. The Kier molecular flexibility index (Phi) is 5.57. The Morgan fingerprint density at radius 1 is 1.10 bits per heavy atom. The van der Waals surface area contributed by atoms with Crippen molar-refractivity contribution < 1.29 is 8.42 Å². The van der Waals surface area contributed by atoms with Crippen molar-refractivity contribution in [2.45, 2.75) is 62.4 Å². The van der Waals surface area contributed by atoms with Crippen LogP contribution in [0.25, 0.3) is 0 Å². The van der Waals surface area contributed by atoms with Crippen LogP contribution in [0.1, 0.15) is 50.5 Å². The molecule has 0 bridgehead atoms. The third-order valence-electron chi connectivity index (χ3n) is 3.87. The molecule has 1 aromatic rings. The number of sulfonamides is 1. The molecule has 0 radical (unpaired) electrons. The smallest absolute Gasteiger partial charge is 0.240 e. The molecule has 1 aliphatic carbocycles. The zero-order valence-corrected chi connectivity index (χ0v) is 12.7. The van der Waals surface area contributed by atoms with E-state index < -0.39 is 10.0 Å². The van der Waals surface area contributed by atoms with Gasteiger partial charge in [0.2, 0.25) is 10.0 Å². The summed E-state index contributed by atoms with van der Waals surface area (Å²) in [6.07, 6.45) is 7.79. The molecular formula is C15H24N2O2S. The van der Waals surface area contributed by atoms with Gasteiger partial charge in [0.25, 0.3) is 0 Å². The van der Waals surface area contributed by atoms with Gasteiger partial charge in [-0.15, -0.1) is 0 Å². The molecule has 0 aromatic heterocycles. The summed E-state index contributed by atoms with van der Waals surface area (Å²) in [5.74, 6) is 0. The number of nitrogens with two attached hydrogens (primary N) is 1. The molecule has 0 amide bonds. The second kappa shape index (κ2) is 7.20. The van der Waals surface area contributed by atoms with Gasteiger partial charge in [-0.05, 0) is 30.5 Å². The highest BCUT2D eigenvalue weighted by molar-refractivity contribution is 7.89. The number of rotatable bonds is 4. The molecule has 0 heterocycles. The van der Waals surface area contributed by atoms with Gasteiger partial charge in [-0.25, -0.2) is 13.1 Å². The summed E-state index contributed by atoms with van der Waals surface area (Å²) < 4.78 is 27.7. The molecular weight excluding hydrogens is 272 g/mol.